The Morgan fingerprint density at radius 2 is 1.83 bits per heavy atom. The van der Waals surface area contributed by atoms with Crippen LogP contribution < -0.4 is 0 Å². The highest BCUT2D eigenvalue weighted by Gasteiger charge is 2.12. The lowest BCUT2D eigenvalue weighted by Crippen LogP contribution is -2.15. The summed E-state index contributed by atoms with van der Waals surface area (Å²) in [6, 6.07) is 8.16. The van der Waals surface area contributed by atoms with Crippen molar-refractivity contribution in [1.82, 2.24) is 0 Å². The molecular weight excluding hydrogens is 308 g/mol. The molecule has 18 heavy (non-hydrogen) atoms. The van der Waals surface area contributed by atoms with Crippen molar-refractivity contribution in [3.8, 4) is 0 Å². The fraction of sp³-hybridized carbons (Fsp3) is 0.600. The number of benzene rings is 1. The summed E-state index contributed by atoms with van der Waals surface area (Å²) < 4.78 is 1.11. The lowest BCUT2D eigenvalue weighted by molar-refractivity contribution is 0.162. The van der Waals surface area contributed by atoms with Crippen molar-refractivity contribution in [1.29, 1.82) is 0 Å². The minimum Gasteiger partial charge on any atom is -0.392 e. The standard InChI is InChI=1S/C15H23BrOS/c1-11(2)8-12(3)9-13(17)10-18-15-7-5-4-6-14(15)16/h4-7,11-13,17H,8-10H2,1-3H3. The zero-order valence-electron chi connectivity index (χ0n) is 11.4. The Labute approximate surface area is 124 Å². The molecule has 1 aromatic rings. The lowest BCUT2D eigenvalue weighted by Gasteiger charge is -2.18. The van der Waals surface area contributed by atoms with E-state index in [0.29, 0.717) is 11.8 Å². The molecule has 2 unspecified atom stereocenters. The third kappa shape index (κ3) is 6.26. The first-order valence-corrected chi connectivity index (χ1v) is 8.32. The fourth-order valence-corrected chi connectivity index (χ4v) is 3.70. The zero-order chi connectivity index (χ0) is 13.5. The molecule has 1 aromatic carbocycles. The van der Waals surface area contributed by atoms with Crippen molar-refractivity contribution < 1.29 is 5.11 Å². The molecule has 0 bridgehead atoms. The van der Waals surface area contributed by atoms with E-state index in [0.717, 1.165) is 16.6 Å². The van der Waals surface area contributed by atoms with Gasteiger partial charge in [0.05, 0.1) is 6.10 Å². The average molecular weight is 331 g/mol. The Kier molecular flexibility index (Phi) is 7.35. The Morgan fingerprint density at radius 1 is 1.17 bits per heavy atom. The Morgan fingerprint density at radius 3 is 2.44 bits per heavy atom. The molecule has 1 N–H and O–H groups in total. The van der Waals surface area contributed by atoms with Crippen LogP contribution in [-0.4, -0.2) is 17.0 Å². The number of aliphatic hydroxyl groups is 1. The summed E-state index contributed by atoms with van der Waals surface area (Å²) in [6.07, 6.45) is 1.88. The molecule has 0 aliphatic heterocycles. The van der Waals surface area contributed by atoms with Crippen LogP contribution in [0, 0.1) is 11.8 Å². The van der Waals surface area contributed by atoms with Crippen LogP contribution in [0.25, 0.3) is 0 Å². The normalized spacial score (nSPS) is 14.8. The van der Waals surface area contributed by atoms with Gasteiger partial charge in [0.15, 0.2) is 0 Å². The van der Waals surface area contributed by atoms with Crippen molar-refractivity contribution in [2.24, 2.45) is 11.8 Å². The summed E-state index contributed by atoms with van der Waals surface area (Å²) in [5, 5.41) is 10.0. The largest absolute Gasteiger partial charge is 0.392 e. The molecule has 3 heteroatoms. The third-order valence-electron chi connectivity index (χ3n) is 2.82. The van der Waals surface area contributed by atoms with Crippen LogP contribution in [0.1, 0.15) is 33.6 Å². The van der Waals surface area contributed by atoms with Crippen LogP contribution in [0.4, 0.5) is 0 Å². The average Bonchev–Trinajstić information content (AvgIpc) is 2.26. The quantitative estimate of drug-likeness (QED) is 0.712. The van der Waals surface area contributed by atoms with Crippen molar-refractivity contribution in [3.63, 3.8) is 0 Å². The van der Waals surface area contributed by atoms with E-state index in [4.69, 9.17) is 0 Å². The summed E-state index contributed by atoms with van der Waals surface area (Å²) in [6.45, 7) is 6.70. The predicted molar refractivity (Wildman–Crippen MR) is 84.1 cm³/mol. The molecule has 1 nitrogen and oxygen atoms in total. The molecule has 0 saturated carbocycles. The number of halogens is 1. The minimum absolute atomic E-state index is 0.212. The first kappa shape index (κ1) is 16.1. The van der Waals surface area contributed by atoms with Gasteiger partial charge < -0.3 is 5.11 Å². The predicted octanol–water partition coefficient (Wildman–Crippen LogP) is 4.97. The van der Waals surface area contributed by atoms with E-state index in [-0.39, 0.29) is 6.10 Å². The molecule has 2 atom stereocenters. The molecule has 0 aliphatic rings. The maximum Gasteiger partial charge on any atom is 0.0636 e. The first-order valence-electron chi connectivity index (χ1n) is 6.54. The Bertz CT molecular complexity index is 354. The Balaban J connectivity index is 2.33. The molecular formula is C15H23BrOS. The van der Waals surface area contributed by atoms with E-state index >= 15 is 0 Å². The monoisotopic (exact) mass is 330 g/mol. The molecule has 0 heterocycles. The molecule has 1 rings (SSSR count). The van der Waals surface area contributed by atoms with Crippen LogP contribution in [0.5, 0.6) is 0 Å². The van der Waals surface area contributed by atoms with Crippen molar-refractivity contribution in [2.45, 2.75) is 44.6 Å². The van der Waals surface area contributed by atoms with Crippen LogP contribution in [-0.2, 0) is 0 Å². The molecule has 102 valence electrons. The Hall–Kier alpha value is 0.01000. The van der Waals surface area contributed by atoms with Crippen molar-refractivity contribution in [2.75, 3.05) is 5.75 Å². The summed E-state index contributed by atoms with van der Waals surface area (Å²) in [7, 11) is 0. The number of hydrogen-bond donors (Lipinski definition) is 1. The van der Waals surface area contributed by atoms with Crippen LogP contribution in [0.15, 0.2) is 33.6 Å². The lowest BCUT2D eigenvalue weighted by atomic mass is 9.94. The minimum atomic E-state index is -0.212. The second kappa shape index (κ2) is 8.23. The molecule has 0 radical (unpaired) electrons. The van der Waals surface area contributed by atoms with E-state index in [2.05, 4.69) is 42.8 Å². The van der Waals surface area contributed by atoms with Gasteiger partial charge in [0.2, 0.25) is 0 Å². The third-order valence-corrected chi connectivity index (χ3v) is 4.99. The van der Waals surface area contributed by atoms with Crippen molar-refractivity contribution in [3.05, 3.63) is 28.7 Å². The van der Waals surface area contributed by atoms with Gasteiger partial charge in [-0.15, -0.1) is 11.8 Å². The highest BCUT2D eigenvalue weighted by molar-refractivity contribution is 9.10. The van der Waals surface area contributed by atoms with Gasteiger partial charge in [0.1, 0.15) is 0 Å². The summed E-state index contributed by atoms with van der Waals surface area (Å²) >= 11 is 5.25. The highest BCUT2D eigenvalue weighted by Crippen LogP contribution is 2.28. The zero-order valence-corrected chi connectivity index (χ0v) is 13.8. The molecule has 0 aromatic heterocycles. The van der Waals surface area contributed by atoms with Gasteiger partial charge in [-0.05, 0) is 52.7 Å². The topological polar surface area (TPSA) is 20.2 Å². The van der Waals surface area contributed by atoms with Gasteiger partial charge >= 0.3 is 0 Å². The second-order valence-corrected chi connectivity index (χ2v) is 7.28. The van der Waals surface area contributed by atoms with Gasteiger partial charge in [-0.2, -0.15) is 0 Å². The van der Waals surface area contributed by atoms with E-state index in [1.54, 1.807) is 11.8 Å². The summed E-state index contributed by atoms with van der Waals surface area (Å²) in [4.78, 5) is 1.20. The van der Waals surface area contributed by atoms with Crippen LogP contribution in [0.2, 0.25) is 0 Å². The number of aliphatic hydroxyl groups excluding tert-OH is 1. The number of hydrogen-bond acceptors (Lipinski definition) is 2. The van der Waals surface area contributed by atoms with Gasteiger partial charge in [-0.3, -0.25) is 0 Å². The molecule has 0 amide bonds. The summed E-state index contributed by atoms with van der Waals surface area (Å²) in [5.74, 6) is 2.08. The molecule has 0 aliphatic carbocycles. The maximum absolute atomic E-state index is 10.0. The van der Waals surface area contributed by atoms with Gasteiger partial charge in [-0.1, -0.05) is 32.9 Å². The second-order valence-electron chi connectivity index (χ2n) is 5.37. The number of rotatable bonds is 7. The van der Waals surface area contributed by atoms with E-state index in [1.807, 2.05) is 18.2 Å². The van der Waals surface area contributed by atoms with E-state index in [9.17, 15) is 5.11 Å². The fourth-order valence-electron chi connectivity index (χ4n) is 2.18. The summed E-state index contributed by atoms with van der Waals surface area (Å²) in [5.41, 5.74) is 0. The molecule has 0 spiro atoms. The van der Waals surface area contributed by atoms with Gasteiger partial charge in [0, 0.05) is 15.1 Å². The molecule has 0 fully saturated rings. The first-order chi connectivity index (χ1) is 8.49. The van der Waals surface area contributed by atoms with Crippen LogP contribution in [0.3, 0.4) is 0 Å². The molecule has 0 saturated heterocycles. The SMILES string of the molecule is CC(C)CC(C)CC(O)CSc1ccccc1Br. The van der Waals surface area contributed by atoms with Crippen molar-refractivity contribution >= 4 is 27.7 Å². The van der Waals surface area contributed by atoms with Gasteiger partial charge in [-0.25, -0.2) is 0 Å². The van der Waals surface area contributed by atoms with E-state index in [1.165, 1.54) is 11.3 Å². The van der Waals surface area contributed by atoms with E-state index < -0.39 is 0 Å². The highest BCUT2D eigenvalue weighted by atomic mass is 79.9. The van der Waals surface area contributed by atoms with Crippen LogP contribution >= 0.6 is 27.7 Å². The maximum atomic E-state index is 10.0. The smallest absolute Gasteiger partial charge is 0.0636 e. The van der Waals surface area contributed by atoms with Gasteiger partial charge in [0.25, 0.3) is 0 Å². The number of thioether (sulfide) groups is 1.